The summed E-state index contributed by atoms with van der Waals surface area (Å²) in [5, 5.41) is 5.11. The van der Waals surface area contributed by atoms with Gasteiger partial charge in [0.25, 0.3) is 0 Å². The number of thiazole rings is 1. The monoisotopic (exact) mass is 472 g/mol. The molecule has 0 aliphatic heterocycles. The fourth-order valence-electron chi connectivity index (χ4n) is 2.98. The molecule has 1 N–H and O–H groups in total. The second-order valence-corrected chi connectivity index (χ2v) is 7.79. The number of aromatic nitrogens is 3. The number of rotatable bonds is 7. The molecule has 0 aliphatic rings. The highest BCUT2D eigenvalue weighted by molar-refractivity contribution is 7.14. The van der Waals surface area contributed by atoms with Gasteiger partial charge in [-0.1, -0.05) is 19.1 Å². The van der Waals surface area contributed by atoms with Crippen LogP contribution in [0.3, 0.4) is 0 Å². The summed E-state index contributed by atoms with van der Waals surface area (Å²) in [6.07, 6.45) is -0.638. The Morgan fingerprint density at radius 1 is 1.03 bits per heavy atom. The van der Waals surface area contributed by atoms with Gasteiger partial charge in [-0.3, -0.25) is 0 Å². The zero-order valence-electron chi connectivity index (χ0n) is 17.7. The van der Waals surface area contributed by atoms with Crippen molar-refractivity contribution in [3.63, 3.8) is 0 Å². The fourth-order valence-corrected chi connectivity index (χ4v) is 3.72. The number of alkyl halides is 3. The molecule has 0 spiro atoms. The van der Waals surface area contributed by atoms with Crippen LogP contribution in [0.15, 0.2) is 60.2 Å². The fraction of sp³-hybridized carbons (Fsp3) is 0.174. The number of anilines is 2. The predicted molar refractivity (Wildman–Crippen MR) is 120 cm³/mol. The molecule has 0 bridgehead atoms. The molecular weight excluding hydrogens is 453 g/mol. The van der Waals surface area contributed by atoms with E-state index < -0.39 is 11.7 Å². The average Bonchev–Trinajstić information content (AvgIpc) is 3.28. The van der Waals surface area contributed by atoms with Crippen LogP contribution in [0.2, 0.25) is 0 Å². The number of ether oxygens (including phenoxy) is 2. The van der Waals surface area contributed by atoms with Gasteiger partial charge in [-0.2, -0.15) is 13.2 Å². The van der Waals surface area contributed by atoms with Crippen LogP contribution in [-0.4, -0.2) is 22.1 Å². The molecule has 0 unspecified atom stereocenters. The van der Waals surface area contributed by atoms with E-state index in [0.29, 0.717) is 22.1 Å². The van der Waals surface area contributed by atoms with Crippen LogP contribution >= 0.6 is 11.3 Å². The standard InChI is InChI=1S/C23H19F3N4O2S/c1-3-14-4-7-17(8-5-14)32-20-9-6-16(10-18(20)23(24,25)26)29-22-30-19(13-33-22)15-11-27-21(31-2)28-12-15/h4-13H,3H2,1-2H3,(H,29,30). The number of nitrogens with one attached hydrogen (secondary N) is 1. The molecule has 2 aromatic carbocycles. The van der Waals surface area contributed by atoms with Crippen molar-refractivity contribution in [3.8, 4) is 28.8 Å². The number of hydrogen-bond donors (Lipinski definition) is 1. The van der Waals surface area contributed by atoms with Gasteiger partial charge in [-0.25, -0.2) is 15.0 Å². The third-order valence-electron chi connectivity index (χ3n) is 4.71. The molecule has 4 aromatic rings. The van der Waals surface area contributed by atoms with E-state index in [9.17, 15) is 13.2 Å². The minimum absolute atomic E-state index is 0.232. The zero-order chi connectivity index (χ0) is 23.4. The molecular formula is C23H19F3N4O2S. The van der Waals surface area contributed by atoms with E-state index in [2.05, 4.69) is 20.3 Å². The van der Waals surface area contributed by atoms with Crippen LogP contribution in [-0.2, 0) is 12.6 Å². The number of benzene rings is 2. The summed E-state index contributed by atoms with van der Waals surface area (Å²) >= 11 is 1.25. The van der Waals surface area contributed by atoms with Gasteiger partial charge in [0, 0.05) is 29.0 Å². The topological polar surface area (TPSA) is 69.2 Å². The van der Waals surface area contributed by atoms with Crippen molar-refractivity contribution in [2.75, 3.05) is 12.4 Å². The van der Waals surface area contributed by atoms with Gasteiger partial charge >= 0.3 is 12.2 Å². The Balaban J connectivity index is 1.55. The predicted octanol–water partition coefficient (Wildman–Crippen LogP) is 6.73. The molecule has 2 heterocycles. The first-order chi connectivity index (χ1) is 15.9. The van der Waals surface area contributed by atoms with E-state index in [1.54, 1.807) is 29.9 Å². The van der Waals surface area contributed by atoms with Crippen LogP contribution < -0.4 is 14.8 Å². The molecule has 0 atom stereocenters. The second kappa shape index (κ2) is 9.45. The van der Waals surface area contributed by atoms with Gasteiger partial charge in [0.2, 0.25) is 0 Å². The summed E-state index contributed by atoms with van der Waals surface area (Å²) in [7, 11) is 1.47. The second-order valence-electron chi connectivity index (χ2n) is 6.93. The van der Waals surface area contributed by atoms with Gasteiger partial charge in [-0.05, 0) is 42.3 Å². The highest BCUT2D eigenvalue weighted by Crippen LogP contribution is 2.40. The van der Waals surface area contributed by atoms with Crippen molar-refractivity contribution in [3.05, 3.63) is 71.4 Å². The lowest BCUT2D eigenvalue weighted by Gasteiger charge is -2.15. The molecule has 6 nitrogen and oxygen atoms in total. The van der Waals surface area contributed by atoms with Gasteiger partial charge in [0.15, 0.2) is 5.13 Å². The largest absolute Gasteiger partial charge is 0.467 e. The first-order valence-corrected chi connectivity index (χ1v) is 10.8. The summed E-state index contributed by atoms with van der Waals surface area (Å²) in [5.74, 6) is 0.0668. The molecule has 10 heteroatoms. The quantitative estimate of drug-likeness (QED) is 0.322. The molecule has 0 aliphatic carbocycles. The molecule has 4 rings (SSSR count). The third kappa shape index (κ3) is 5.40. The van der Waals surface area contributed by atoms with Crippen LogP contribution in [0, 0.1) is 0 Å². The van der Waals surface area contributed by atoms with E-state index in [4.69, 9.17) is 9.47 Å². The molecule has 170 valence electrons. The Labute approximate surface area is 192 Å². The van der Waals surface area contributed by atoms with Gasteiger partial charge in [0.05, 0.1) is 12.8 Å². The maximum atomic E-state index is 13.7. The summed E-state index contributed by atoms with van der Waals surface area (Å²) in [6, 6.07) is 11.0. The smallest absolute Gasteiger partial charge is 0.420 e. The lowest BCUT2D eigenvalue weighted by Crippen LogP contribution is -2.08. The Morgan fingerprint density at radius 3 is 2.39 bits per heavy atom. The van der Waals surface area contributed by atoms with Gasteiger partial charge in [0.1, 0.15) is 17.1 Å². The lowest BCUT2D eigenvalue weighted by atomic mass is 10.1. The highest BCUT2D eigenvalue weighted by atomic mass is 32.1. The first-order valence-electron chi connectivity index (χ1n) is 9.92. The van der Waals surface area contributed by atoms with E-state index >= 15 is 0 Å². The number of aryl methyl sites for hydroxylation is 1. The summed E-state index contributed by atoms with van der Waals surface area (Å²) < 4.78 is 51.7. The van der Waals surface area contributed by atoms with E-state index in [0.717, 1.165) is 18.1 Å². The van der Waals surface area contributed by atoms with Crippen LogP contribution in [0.4, 0.5) is 24.0 Å². The molecule has 0 amide bonds. The van der Waals surface area contributed by atoms with Crippen molar-refractivity contribution >= 4 is 22.2 Å². The maximum absolute atomic E-state index is 13.7. The summed E-state index contributed by atoms with van der Waals surface area (Å²) in [5.41, 5.74) is 1.68. The Bertz CT molecular complexity index is 1230. The number of methoxy groups -OCH3 is 1. The van der Waals surface area contributed by atoms with Crippen LogP contribution in [0.1, 0.15) is 18.1 Å². The molecule has 2 aromatic heterocycles. The van der Waals surface area contributed by atoms with Crippen molar-refractivity contribution in [1.29, 1.82) is 0 Å². The van der Waals surface area contributed by atoms with Crippen molar-refractivity contribution < 1.29 is 22.6 Å². The number of nitrogens with zero attached hydrogens (tertiary/aromatic N) is 3. The SMILES string of the molecule is CCc1ccc(Oc2ccc(Nc3nc(-c4cnc(OC)nc4)cs3)cc2C(F)(F)F)cc1. The first kappa shape index (κ1) is 22.5. The summed E-state index contributed by atoms with van der Waals surface area (Å²) in [4.78, 5) is 12.5. The minimum atomic E-state index is -4.59. The van der Waals surface area contributed by atoms with E-state index in [1.165, 1.54) is 30.6 Å². The van der Waals surface area contributed by atoms with Gasteiger partial charge in [-0.15, -0.1) is 11.3 Å². The molecule has 0 saturated heterocycles. The van der Waals surface area contributed by atoms with Gasteiger partial charge < -0.3 is 14.8 Å². The lowest BCUT2D eigenvalue weighted by molar-refractivity contribution is -0.138. The molecule has 33 heavy (non-hydrogen) atoms. The minimum Gasteiger partial charge on any atom is -0.467 e. The number of hydrogen-bond acceptors (Lipinski definition) is 7. The van der Waals surface area contributed by atoms with Crippen LogP contribution in [0.5, 0.6) is 17.5 Å². The zero-order valence-corrected chi connectivity index (χ0v) is 18.5. The third-order valence-corrected chi connectivity index (χ3v) is 5.46. The Kier molecular flexibility index (Phi) is 6.45. The molecule has 0 radical (unpaired) electrons. The highest BCUT2D eigenvalue weighted by Gasteiger charge is 2.35. The van der Waals surface area contributed by atoms with E-state index in [-0.39, 0.29) is 17.4 Å². The molecule has 0 fully saturated rings. The normalized spacial score (nSPS) is 11.3. The van der Waals surface area contributed by atoms with Crippen LogP contribution in [0.25, 0.3) is 11.3 Å². The molecule has 0 saturated carbocycles. The average molecular weight is 472 g/mol. The van der Waals surface area contributed by atoms with Crippen molar-refractivity contribution in [2.24, 2.45) is 0 Å². The number of halogens is 3. The summed E-state index contributed by atoms with van der Waals surface area (Å²) in [6.45, 7) is 2.00. The van der Waals surface area contributed by atoms with Crippen molar-refractivity contribution in [2.45, 2.75) is 19.5 Å². The Hall–Kier alpha value is -3.66. The maximum Gasteiger partial charge on any atom is 0.420 e. The van der Waals surface area contributed by atoms with E-state index in [1.807, 2.05) is 19.1 Å². The Morgan fingerprint density at radius 2 is 1.76 bits per heavy atom. The van der Waals surface area contributed by atoms with Crippen molar-refractivity contribution in [1.82, 2.24) is 15.0 Å².